The number of aryl methyl sites for hydroxylation is 2. The fraction of sp³-hybridized carbons (Fsp3) is 0.440. The first-order chi connectivity index (χ1) is 13.9. The maximum atomic E-state index is 13.2. The standard InChI is InChI=1S/C25H34N2O2/c1-5-23(25(29)26-17-19(2)3)27(18-22-9-7-6-8-10-22)24(28)16-15-21-13-11-20(4)12-14-21/h6-14,19,23H,5,15-18H2,1-4H3,(H,26,29). The summed E-state index contributed by atoms with van der Waals surface area (Å²) in [6.45, 7) is 9.21. The Labute approximate surface area is 175 Å². The lowest BCUT2D eigenvalue weighted by molar-refractivity contribution is -0.141. The predicted molar refractivity (Wildman–Crippen MR) is 118 cm³/mol. The molecule has 0 aromatic heterocycles. The minimum atomic E-state index is -0.459. The zero-order chi connectivity index (χ0) is 21.2. The molecule has 1 N–H and O–H groups in total. The van der Waals surface area contributed by atoms with Crippen molar-refractivity contribution in [3.8, 4) is 0 Å². The lowest BCUT2D eigenvalue weighted by Gasteiger charge is -2.31. The van der Waals surface area contributed by atoms with E-state index in [1.54, 1.807) is 4.90 Å². The second-order valence-electron chi connectivity index (χ2n) is 8.06. The van der Waals surface area contributed by atoms with E-state index >= 15 is 0 Å². The maximum Gasteiger partial charge on any atom is 0.242 e. The van der Waals surface area contributed by atoms with Gasteiger partial charge in [-0.2, -0.15) is 0 Å². The van der Waals surface area contributed by atoms with Crippen molar-refractivity contribution < 1.29 is 9.59 Å². The molecule has 0 aliphatic carbocycles. The van der Waals surface area contributed by atoms with Crippen LogP contribution in [-0.2, 0) is 22.6 Å². The van der Waals surface area contributed by atoms with Crippen molar-refractivity contribution in [2.45, 2.75) is 59.5 Å². The average molecular weight is 395 g/mol. The number of benzene rings is 2. The first-order valence-corrected chi connectivity index (χ1v) is 10.6. The van der Waals surface area contributed by atoms with Gasteiger partial charge in [0.2, 0.25) is 11.8 Å². The molecule has 2 rings (SSSR count). The first kappa shape index (κ1) is 22.7. The number of nitrogens with zero attached hydrogens (tertiary/aromatic N) is 1. The van der Waals surface area contributed by atoms with Crippen LogP contribution in [0, 0.1) is 12.8 Å². The number of hydrogen-bond acceptors (Lipinski definition) is 2. The Balaban J connectivity index is 2.14. The summed E-state index contributed by atoms with van der Waals surface area (Å²) in [6, 6.07) is 17.7. The highest BCUT2D eigenvalue weighted by atomic mass is 16.2. The van der Waals surface area contributed by atoms with Gasteiger partial charge in [-0.05, 0) is 36.8 Å². The Morgan fingerprint density at radius 3 is 2.21 bits per heavy atom. The number of nitrogens with one attached hydrogen (secondary N) is 1. The van der Waals surface area contributed by atoms with Crippen molar-refractivity contribution in [3.05, 3.63) is 71.3 Å². The predicted octanol–water partition coefficient (Wildman–Crippen LogP) is 4.51. The molecule has 2 aromatic rings. The fourth-order valence-electron chi connectivity index (χ4n) is 3.27. The van der Waals surface area contributed by atoms with E-state index < -0.39 is 6.04 Å². The van der Waals surface area contributed by atoms with Crippen LogP contribution in [0.4, 0.5) is 0 Å². The minimum absolute atomic E-state index is 0.0148. The third-order valence-corrected chi connectivity index (χ3v) is 5.01. The molecule has 156 valence electrons. The molecule has 0 heterocycles. The van der Waals surface area contributed by atoms with Crippen molar-refractivity contribution in [3.63, 3.8) is 0 Å². The van der Waals surface area contributed by atoms with Crippen LogP contribution in [0.15, 0.2) is 54.6 Å². The molecule has 0 aliphatic heterocycles. The van der Waals surface area contributed by atoms with Crippen molar-refractivity contribution in [1.29, 1.82) is 0 Å². The average Bonchev–Trinajstić information content (AvgIpc) is 2.72. The molecule has 0 spiro atoms. The highest BCUT2D eigenvalue weighted by Gasteiger charge is 2.28. The smallest absolute Gasteiger partial charge is 0.242 e. The summed E-state index contributed by atoms with van der Waals surface area (Å²) < 4.78 is 0. The topological polar surface area (TPSA) is 49.4 Å². The lowest BCUT2D eigenvalue weighted by atomic mass is 10.0. The molecule has 0 saturated heterocycles. The number of rotatable bonds is 10. The van der Waals surface area contributed by atoms with E-state index in [-0.39, 0.29) is 11.8 Å². The molecule has 0 aliphatic rings. The molecule has 0 fully saturated rings. The van der Waals surface area contributed by atoms with E-state index in [1.807, 2.05) is 37.3 Å². The van der Waals surface area contributed by atoms with Gasteiger partial charge in [-0.15, -0.1) is 0 Å². The van der Waals surface area contributed by atoms with Crippen LogP contribution in [0.3, 0.4) is 0 Å². The van der Waals surface area contributed by atoms with Gasteiger partial charge in [0.1, 0.15) is 6.04 Å². The summed E-state index contributed by atoms with van der Waals surface area (Å²) in [4.78, 5) is 27.7. The summed E-state index contributed by atoms with van der Waals surface area (Å²) in [5, 5.41) is 3.00. The van der Waals surface area contributed by atoms with Crippen LogP contribution in [0.1, 0.15) is 50.3 Å². The second-order valence-corrected chi connectivity index (χ2v) is 8.06. The molecule has 0 radical (unpaired) electrons. The Hall–Kier alpha value is -2.62. The molecule has 2 aromatic carbocycles. The Morgan fingerprint density at radius 2 is 1.62 bits per heavy atom. The van der Waals surface area contributed by atoms with E-state index in [9.17, 15) is 9.59 Å². The zero-order valence-corrected chi connectivity index (χ0v) is 18.2. The van der Waals surface area contributed by atoms with Gasteiger partial charge in [-0.25, -0.2) is 0 Å². The molecule has 29 heavy (non-hydrogen) atoms. The summed E-state index contributed by atoms with van der Waals surface area (Å²) in [5.41, 5.74) is 3.38. The maximum absolute atomic E-state index is 13.2. The van der Waals surface area contributed by atoms with Crippen LogP contribution in [0.5, 0.6) is 0 Å². The summed E-state index contributed by atoms with van der Waals surface area (Å²) in [7, 11) is 0. The van der Waals surface area contributed by atoms with Crippen molar-refractivity contribution in [2.75, 3.05) is 6.54 Å². The van der Waals surface area contributed by atoms with E-state index in [4.69, 9.17) is 0 Å². The molecule has 1 unspecified atom stereocenters. The quantitative estimate of drug-likeness (QED) is 0.645. The molecular formula is C25H34N2O2. The highest BCUT2D eigenvalue weighted by molar-refractivity contribution is 5.87. The third kappa shape index (κ3) is 7.37. The second kappa shape index (κ2) is 11.4. The largest absolute Gasteiger partial charge is 0.354 e. The van der Waals surface area contributed by atoms with E-state index in [2.05, 4.69) is 50.4 Å². The highest BCUT2D eigenvalue weighted by Crippen LogP contribution is 2.15. The van der Waals surface area contributed by atoms with Gasteiger partial charge >= 0.3 is 0 Å². The Kier molecular flexibility index (Phi) is 8.91. The fourth-order valence-corrected chi connectivity index (χ4v) is 3.27. The number of carbonyl (C=O) groups excluding carboxylic acids is 2. The van der Waals surface area contributed by atoms with Gasteiger partial charge in [0, 0.05) is 19.5 Å². The van der Waals surface area contributed by atoms with Crippen LogP contribution < -0.4 is 5.32 Å². The van der Waals surface area contributed by atoms with Crippen LogP contribution in [-0.4, -0.2) is 29.3 Å². The molecule has 4 heteroatoms. The lowest BCUT2D eigenvalue weighted by Crippen LogP contribution is -2.49. The van der Waals surface area contributed by atoms with Gasteiger partial charge < -0.3 is 10.2 Å². The van der Waals surface area contributed by atoms with E-state index in [1.165, 1.54) is 5.56 Å². The monoisotopic (exact) mass is 394 g/mol. The zero-order valence-electron chi connectivity index (χ0n) is 18.2. The van der Waals surface area contributed by atoms with E-state index in [0.717, 1.165) is 11.1 Å². The van der Waals surface area contributed by atoms with Crippen LogP contribution in [0.25, 0.3) is 0 Å². The molecule has 1 atom stereocenters. The van der Waals surface area contributed by atoms with Gasteiger partial charge in [0.15, 0.2) is 0 Å². The van der Waals surface area contributed by atoms with Crippen molar-refractivity contribution in [2.24, 2.45) is 5.92 Å². The number of amides is 2. The minimum Gasteiger partial charge on any atom is -0.354 e. The van der Waals surface area contributed by atoms with Gasteiger partial charge in [0.05, 0.1) is 0 Å². The van der Waals surface area contributed by atoms with Crippen LogP contribution >= 0.6 is 0 Å². The third-order valence-electron chi connectivity index (χ3n) is 5.01. The Morgan fingerprint density at radius 1 is 0.966 bits per heavy atom. The van der Waals surface area contributed by atoms with Gasteiger partial charge in [-0.3, -0.25) is 9.59 Å². The molecule has 0 bridgehead atoms. The van der Waals surface area contributed by atoms with Crippen molar-refractivity contribution >= 4 is 11.8 Å². The van der Waals surface area contributed by atoms with Crippen molar-refractivity contribution in [1.82, 2.24) is 10.2 Å². The molecule has 2 amide bonds. The molecule has 4 nitrogen and oxygen atoms in total. The summed E-state index contributed by atoms with van der Waals surface area (Å²) >= 11 is 0. The Bertz CT molecular complexity index is 769. The molecule has 0 saturated carbocycles. The van der Waals surface area contributed by atoms with Crippen LogP contribution in [0.2, 0.25) is 0 Å². The summed E-state index contributed by atoms with van der Waals surface area (Å²) in [5.74, 6) is 0.318. The van der Waals surface area contributed by atoms with Gasteiger partial charge in [0.25, 0.3) is 0 Å². The number of hydrogen-bond donors (Lipinski definition) is 1. The first-order valence-electron chi connectivity index (χ1n) is 10.6. The van der Waals surface area contributed by atoms with E-state index in [0.29, 0.717) is 38.3 Å². The summed E-state index contributed by atoms with van der Waals surface area (Å²) in [6.07, 6.45) is 1.66. The normalized spacial score (nSPS) is 11.9. The van der Waals surface area contributed by atoms with Gasteiger partial charge in [-0.1, -0.05) is 80.9 Å². The number of carbonyl (C=O) groups is 2. The SMILES string of the molecule is CCC(C(=O)NCC(C)C)N(Cc1ccccc1)C(=O)CCc1ccc(C)cc1. The molecular weight excluding hydrogens is 360 g/mol.